The summed E-state index contributed by atoms with van der Waals surface area (Å²) in [4.78, 5) is 31.7. The number of hydrogen-bond acceptors (Lipinski definition) is 7. The number of nitrogens with zero attached hydrogens (tertiary/aromatic N) is 3. The second-order valence-electron chi connectivity index (χ2n) is 6.83. The summed E-state index contributed by atoms with van der Waals surface area (Å²) in [5.41, 5.74) is 7.41. The van der Waals surface area contributed by atoms with Crippen molar-refractivity contribution in [2.24, 2.45) is 10.7 Å². The molecule has 3 aliphatic heterocycles. The Kier molecular flexibility index (Phi) is 4.95. The molecule has 1 aromatic carbocycles. The van der Waals surface area contributed by atoms with Crippen molar-refractivity contribution < 1.29 is 19.1 Å². The van der Waals surface area contributed by atoms with Crippen LogP contribution in [0.3, 0.4) is 0 Å². The van der Waals surface area contributed by atoms with E-state index < -0.39 is 0 Å². The lowest BCUT2D eigenvalue weighted by atomic mass is 10.1. The van der Waals surface area contributed by atoms with Crippen molar-refractivity contribution in [3.63, 3.8) is 0 Å². The van der Waals surface area contributed by atoms with Crippen molar-refractivity contribution in [2.45, 2.75) is 19.0 Å². The molecule has 2 amide bonds. The van der Waals surface area contributed by atoms with Crippen molar-refractivity contribution in [1.29, 1.82) is 0 Å². The van der Waals surface area contributed by atoms with E-state index in [4.69, 9.17) is 15.2 Å². The maximum atomic E-state index is 11.8. The number of rotatable bonds is 6. The Labute approximate surface area is 157 Å². The molecule has 1 unspecified atom stereocenters. The van der Waals surface area contributed by atoms with Gasteiger partial charge in [0.05, 0.1) is 31.5 Å². The van der Waals surface area contributed by atoms with Gasteiger partial charge in [-0.15, -0.1) is 0 Å². The minimum atomic E-state index is -0.347. The Morgan fingerprint density at radius 1 is 1.33 bits per heavy atom. The number of primary amides is 1. The van der Waals surface area contributed by atoms with Crippen molar-refractivity contribution in [3.05, 3.63) is 23.8 Å². The summed E-state index contributed by atoms with van der Waals surface area (Å²) >= 11 is 0. The zero-order chi connectivity index (χ0) is 18.8. The third kappa shape index (κ3) is 3.88. The smallest absolute Gasteiger partial charge is 0.246 e. The van der Waals surface area contributed by atoms with Crippen LogP contribution in [0.4, 0.5) is 5.69 Å². The van der Waals surface area contributed by atoms with E-state index in [9.17, 15) is 9.59 Å². The number of carbonyl (C=O) groups is 2. The van der Waals surface area contributed by atoms with E-state index >= 15 is 0 Å². The van der Waals surface area contributed by atoms with Gasteiger partial charge in [0.1, 0.15) is 12.3 Å². The number of aliphatic imine (C=N–C) groups is 1. The number of guanidine groups is 1. The Morgan fingerprint density at radius 3 is 2.93 bits per heavy atom. The molecule has 3 aliphatic rings. The van der Waals surface area contributed by atoms with Gasteiger partial charge in [0.2, 0.25) is 17.8 Å². The minimum absolute atomic E-state index is 0.0429. The molecule has 0 radical (unpaired) electrons. The fourth-order valence-corrected chi connectivity index (χ4v) is 3.61. The molecule has 0 aliphatic carbocycles. The van der Waals surface area contributed by atoms with Gasteiger partial charge in [-0.1, -0.05) is 0 Å². The second kappa shape index (κ2) is 7.53. The van der Waals surface area contributed by atoms with Crippen molar-refractivity contribution in [1.82, 2.24) is 15.1 Å². The summed E-state index contributed by atoms with van der Waals surface area (Å²) in [6.07, 6.45) is 0.527. The van der Waals surface area contributed by atoms with Gasteiger partial charge in [0.15, 0.2) is 0 Å². The van der Waals surface area contributed by atoms with Crippen molar-refractivity contribution in [2.75, 3.05) is 39.5 Å². The molecule has 144 valence electrons. The summed E-state index contributed by atoms with van der Waals surface area (Å²) in [5.74, 6) is 0.949. The molecular weight excluding hydrogens is 350 g/mol. The largest absolute Gasteiger partial charge is 0.494 e. The molecular formula is C18H23N5O4. The molecule has 3 heterocycles. The van der Waals surface area contributed by atoms with Crippen LogP contribution >= 0.6 is 0 Å². The first-order valence-corrected chi connectivity index (χ1v) is 9.10. The van der Waals surface area contributed by atoms with Crippen LogP contribution in [0, 0.1) is 0 Å². The predicted octanol–water partition coefficient (Wildman–Crippen LogP) is -0.425. The number of fused-ring (bicyclic) bond motifs is 2. The van der Waals surface area contributed by atoms with E-state index in [2.05, 4.69) is 15.2 Å². The van der Waals surface area contributed by atoms with E-state index in [0.717, 1.165) is 17.0 Å². The highest BCUT2D eigenvalue weighted by molar-refractivity contribution is 6.05. The van der Waals surface area contributed by atoms with Gasteiger partial charge >= 0.3 is 0 Å². The average molecular weight is 373 g/mol. The Balaban J connectivity index is 1.36. The molecule has 27 heavy (non-hydrogen) atoms. The van der Waals surface area contributed by atoms with Crippen LogP contribution in [-0.4, -0.2) is 73.1 Å². The number of hydrogen-bond donors (Lipinski definition) is 2. The van der Waals surface area contributed by atoms with Gasteiger partial charge in [-0.25, -0.2) is 4.99 Å². The normalized spacial score (nSPS) is 20.4. The minimum Gasteiger partial charge on any atom is -0.494 e. The van der Waals surface area contributed by atoms with Crippen LogP contribution in [0.1, 0.15) is 12.0 Å². The summed E-state index contributed by atoms with van der Waals surface area (Å²) in [6.45, 7) is 3.97. The van der Waals surface area contributed by atoms with E-state index in [1.807, 2.05) is 23.1 Å². The summed E-state index contributed by atoms with van der Waals surface area (Å²) in [7, 11) is 0. The number of ether oxygens (including phenoxy) is 2. The fourth-order valence-electron chi connectivity index (χ4n) is 3.61. The molecule has 9 heteroatoms. The number of nitrogens with two attached hydrogens (primary N) is 1. The molecule has 1 atom stereocenters. The Morgan fingerprint density at radius 2 is 2.15 bits per heavy atom. The maximum Gasteiger partial charge on any atom is 0.246 e. The lowest BCUT2D eigenvalue weighted by Crippen LogP contribution is -2.50. The molecule has 2 fully saturated rings. The van der Waals surface area contributed by atoms with E-state index in [0.29, 0.717) is 58.4 Å². The van der Waals surface area contributed by atoms with Gasteiger partial charge in [-0.05, 0) is 18.2 Å². The second-order valence-corrected chi connectivity index (χ2v) is 6.83. The SMILES string of the molecule is NC(=O)C(CCOc1ccc2c(c1)CN1CC(=O)NC1=N2)N1CCOCC1. The Hall–Kier alpha value is -2.65. The summed E-state index contributed by atoms with van der Waals surface area (Å²) in [5, 5.41) is 2.75. The van der Waals surface area contributed by atoms with Crippen LogP contribution in [0.5, 0.6) is 5.75 Å². The van der Waals surface area contributed by atoms with Crippen LogP contribution in [-0.2, 0) is 20.9 Å². The molecule has 0 bridgehead atoms. The van der Waals surface area contributed by atoms with Gasteiger partial charge in [-0.3, -0.25) is 19.8 Å². The fraction of sp³-hybridized carbons (Fsp3) is 0.500. The topological polar surface area (TPSA) is 109 Å². The van der Waals surface area contributed by atoms with E-state index in [-0.39, 0.29) is 17.9 Å². The highest BCUT2D eigenvalue weighted by Gasteiger charge is 2.29. The standard InChI is InChI=1S/C18H23N5O4/c19-17(25)15(22-4-7-26-8-5-22)3-6-27-13-1-2-14-12(9-13)10-23-11-16(24)21-18(23)20-14/h1-2,9,15H,3-8,10-11H2,(H2,19,25)(H,20,21,24). The van der Waals surface area contributed by atoms with Gasteiger partial charge < -0.3 is 20.1 Å². The zero-order valence-corrected chi connectivity index (χ0v) is 15.0. The van der Waals surface area contributed by atoms with Gasteiger partial charge in [0.25, 0.3) is 0 Å². The molecule has 0 saturated carbocycles. The quantitative estimate of drug-likeness (QED) is 0.701. The molecule has 1 aromatic rings. The molecule has 9 nitrogen and oxygen atoms in total. The average Bonchev–Trinajstić information content (AvgIpc) is 3.02. The lowest BCUT2D eigenvalue weighted by Gasteiger charge is -2.32. The van der Waals surface area contributed by atoms with Gasteiger partial charge in [-0.2, -0.15) is 0 Å². The molecule has 0 spiro atoms. The Bertz CT molecular complexity index is 775. The number of benzene rings is 1. The van der Waals surface area contributed by atoms with Gasteiger partial charge in [0, 0.05) is 31.6 Å². The van der Waals surface area contributed by atoms with E-state index in [1.165, 1.54) is 0 Å². The molecule has 2 saturated heterocycles. The highest BCUT2D eigenvalue weighted by Crippen LogP contribution is 2.30. The predicted molar refractivity (Wildman–Crippen MR) is 97.6 cm³/mol. The number of nitrogens with one attached hydrogen (secondary N) is 1. The zero-order valence-electron chi connectivity index (χ0n) is 15.0. The van der Waals surface area contributed by atoms with Crippen LogP contribution in [0.25, 0.3) is 0 Å². The first-order chi connectivity index (χ1) is 13.1. The first-order valence-electron chi connectivity index (χ1n) is 9.10. The van der Waals surface area contributed by atoms with Crippen molar-refractivity contribution in [3.8, 4) is 5.75 Å². The monoisotopic (exact) mass is 373 g/mol. The van der Waals surface area contributed by atoms with Crippen molar-refractivity contribution >= 4 is 23.5 Å². The van der Waals surface area contributed by atoms with Crippen LogP contribution in [0.2, 0.25) is 0 Å². The third-order valence-corrected chi connectivity index (χ3v) is 5.00. The third-order valence-electron chi connectivity index (χ3n) is 5.00. The lowest BCUT2D eigenvalue weighted by molar-refractivity contribution is -0.125. The van der Waals surface area contributed by atoms with E-state index in [1.54, 1.807) is 0 Å². The number of carbonyl (C=O) groups excluding carboxylic acids is 2. The number of morpholine rings is 1. The molecule has 4 rings (SSSR count). The summed E-state index contributed by atoms with van der Waals surface area (Å²) in [6, 6.07) is 5.32. The summed E-state index contributed by atoms with van der Waals surface area (Å²) < 4.78 is 11.2. The number of amides is 2. The molecule has 0 aromatic heterocycles. The van der Waals surface area contributed by atoms with Crippen LogP contribution < -0.4 is 15.8 Å². The first kappa shape index (κ1) is 17.7. The highest BCUT2D eigenvalue weighted by atomic mass is 16.5. The molecule has 3 N–H and O–H groups in total. The maximum absolute atomic E-state index is 11.8. The van der Waals surface area contributed by atoms with Crippen LogP contribution in [0.15, 0.2) is 23.2 Å².